The quantitative estimate of drug-likeness (QED) is 0.404. The molecule has 2 aromatic rings. The summed E-state index contributed by atoms with van der Waals surface area (Å²) >= 11 is 0. The molecule has 2 heterocycles. The van der Waals surface area contributed by atoms with Crippen molar-refractivity contribution < 1.29 is 19.1 Å². The highest BCUT2D eigenvalue weighted by Gasteiger charge is 2.30. The zero-order chi connectivity index (χ0) is 24.8. The van der Waals surface area contributed by atoms with Crippen molar-refractivity contribution in [3.05, 3.63) is 47.7 Å². The molecule has 0 radical (unpaired) electrons. The first-order valence-electron chi connectivity index (χ1n) is 11.6. The van der Waals surface area contributed by atoms with E-state index in [0.29, 0.717) is 40.8 Å². The Morgan fingerprint density at radius 3 is 2.71 bits per heavy atom. The third-order valence-corrected chi connectivity index (χ3v) is 5.86. The number of primary amides is 1. The summed E-state index contributed by atoms with van der Waals surface area (Å²) in [5, 5.41) is 5.96. The smallest absolute Gasteiger partial charge is 0.252 e. The molecule has 1 unspecified atom stereocenters. The fourth-order valence-corrected chi connectivity index (χ4v) is 3.80. The van der Waals surface area contributed by atoms with E-state index in [-0.39, 0.29) is 23.4 Å². The first-order chi connectivity index (χ1) is 17.0. The number of para-hydroxylation sites is 1. The highest BCUT2D eigenvalue weighted by molar-refractivity contribution is 6.01. The van der Waals surface area contributed by atoms with Gasteiger partial charge in [-0.1, -0.05) is 6.07 Å². The van der Waals surface area contributed by atoms with Crippen molar-refractivity contribution in [2.75, 3.05) is 31.0 Å². The maximum absolute atomic E-state index is 12.1. The average molecular weight is 479 g/mol. The summed E-state index contributed by atoms with van der Waals surface area (Å²) in [6.45, 7) is 1.40. The first-order valence-corrected chi connectivity index (χ1v) is 11.6. The van der Waals surface area contributed by atoms with Gasteiger partial charge in [0, 0.05) is 42.3 Å². The predicted octanol–water partition coefficient (Wildman–Crippen LogP) is 2.83. The number of methoxy groups -OCH3 is 1. The van der Waals surface area contributed by atoms with Crippen LogP contribution in [0.5, 0.6) is 5.75 Å². The Hall–Kier alpha value is -3.92. The number of nitrogens with zero attached hydrogens (tertiary/aromatic N) is 2. The standard InChI is InChI=1S/C25H30N6O4/c1-34-23-17(19(26)9-10-28-16-4-3-11-35-14-16)5-2-6-20(23)30-21-12-22(29-13-18(21)24(27)32)31-25(33)15-7-8-15/h2,5-6,9-10,12-13,15-16H,3-4,7-8,11,14,26H2,1H3,(H2,27,32)(H2,29,30,31,33)/b19-9-,28-10?. The Morgan fingerprint density at radius 2 is 2.03 bits per heavy atom. The molecule has 2 fully saturated rings. The van der Waals surface area contributed by atoms with Gasteiger partial charge in [-0.15, -0.1) is 0 Å². The molecule has 10 nitrogen and oxygen atoms in total. The first kappa shape index (κ1) is 24.2. The summed E-state index contributed by atoms with van der Waals surface area (Å²) in [5.41, 5.74) is 14.1. The van der Waals surface area contributed by atoms with Gasteiger partial charge in [-0.2, -0.15) is 0 Å². The van der Waals surface area contributed by atoms with Gasteiger partial charge in [-0.25, -0.2) is 4.98 Å². The van der Waals surface area contributed by atoms with Gasteiger partial charge >= 0.3 is 0 Å². The van der Waals surface area contributed by atoms with E-state index in [1.54, 1.807) is 24.4 Å². The van der Waals surface area contributed by atoms with Crippen LogP contribution < -0.4 is 26.8 Å². The van der Waals surface area contributed by atoms with Crippen molar-refractivity contribution in [1.82, 2.24) is 4.98 Å². The number of carbonyl (C=O) groups is 2. The Morgan fingerprint density at radius 1 is 1.20 bits per heavy atom. The molecule has 1 aliphatic carbocycles. The van der Waals surface area contributed by atoms with Crippen LogP contribution in [0.3, 0.4) is 0 Å². The number of carbonyl (C=O) groups excluding carboxylic acids is 2. The number of pyridine rings is 1. The highest BCUT2D eigenvalue weighted by atomic mass is 16.5. The Balaban J connectivity index is 1.58. The lowest BCUT2D eigenvalue weighted by atomic mass is 10.1. The van der Waals surface area contributed by atoms with Crippen molar-refractivity contribution in [3.63, 3.8) is 0 Å². The fraction of sp³-hybridized carbons (Fsp3) is 0.360. The van der Waals surface area contributed by atoms with Crippen LogP contribution in [0.25, 0.3) is 5.70 Å². The molecular formula is C25H30N6O4. The number of amides is 2. The van der Waals surface area contributed by atoms with Crippen molar-refractivity contribution >= 4 is 40.9 Å². The molecule has 1 atom stereocenters. The van der Waals surface area contributed by atoms with Gasteiger partial charge in [0.05, 0.1) is 36.7 Å². The molecule has 2 amide bonds. The van der Waals surface area contributed by atoms with Gasteiger partial charge in [-0.3, -0.25) is 14.6 Å². The highest BCUT2D eigenvalue weighted by Crippen LogP contribution is 2.35. The molecule has 1 saturated heterocycles. The topological polar surface area (TPSA) is 154 Å². The molecular weight excluding hydrogens is 448 g/mol. The number of anilines is 3. The van der Waals surface area contributed by atoms with Crippen molar-refractivity contribution in [2.45, 2.75) is 31.7 Å². The normalized spacial score (nSPS) is 18.3. The van der Waals surface area contributed by atoms with E-state index in [1.807, 2.05) is 12.1 Å². The Kier molecular flexibility index (Phi) is 7.61. The molecule has 184 valence electrons. The van der Waals surface area contributed by atoms with E-state index in [1.165, 1.54) is 13.3 Å². The van der Waals surface area contributed by atoms with Crippen LogP contribution in [0.4, 0.5) is 17.2 Å². The molecule has 0 spiro atoms. The van der Waals surface area contributed by atoms with Crippen LogP contribution in [0.15, 0.2) is 41.5 Å². The number of aromatic nitrogens is 1. The third-order valence-electron chi connectivity index (χ3n) is 5.86. The number of aliphatic imine (C=N–C) groups is 1. The monoisotopic (exact) mass is 478 g/mol. The molecule has 35 heavy (non-hydrogen) atoms. The molecule has 4 rings (SSSR count). The van der Waals surface area contributed by atoms with Gasteiger partial charge < -0.3 is 31.6 Å². The lowest BCUT2D eigenvalue weighted by Gasteiger charge is -2.18. The number of benzene rings is 1. The van der Waals surface area contributed by atoms with Crippen LogP contribution >= 0.6 is 0 Å². The molecule has 1 aliphatic heterocycles. The summed E-state index contributed by atoms with van der Waals surface area (Å²) in [4.78, 5) is 32.8. The molecule has 0 bridgehead atoms. The van der Waals surface area contributed by atoms with E-state index >= 15 is 0 Å². The van der Waals surface area contributed by atoms with Crippen LogP contribution in [0.1, 0.15) is 41.6 Å². The van der Waals surface area contributed by atoms with E-state index in [2.05, 4.69) is 20.6 Å². The van der Waals surface area contributed by atoms with Gasteiger partial charge in [-0.05, 0) is 43.9 Å². The van der Waals surface area contributed by atoms with E-state index in [9.17, 15) is 9.59 Å². The number of ether oxygens (including phenoxy) is 2. The number of allylic oxidation sites excluding steroid dienone is 1. The van der Waals surface area contributed by atoms with Gasteiger partial charge in [0.15, 0.2) is 5.75 Å². The minimum atomic E-state index is -0.655. The molecule has 1 aromatic carbocycles. The minimum absolute atomic E-state index is 0.0183. The summed E-state index contributed by atoms with van der Waals surface area (Å²) < 4.78 is 11.1. The zero-order valence-corrected chi connectivity index (χ0v) is 19.6. The molecule has 1 aromatic heterocycles. The molecule has 10 heteroatoms. The lowest BCUT2D eigenvalue weighted by Crippen LogP contribution is -2.20. The van der Waals surface area contributed by atoms with Crippen LogP contribution in [0, 0.1) is 5.92 Å². The molecule has 1 saturated carbocycles. The molecule has 2 aliphatic rings. The van der Waals surface area contributed by atoms with Crippen molar-refractivity contribution in [1.29, 1.82) is 0 Å². The van der Waals surface area contributed by atoms with Crippen LogP contribution in [-0.4, -0.2) is 49.4 Å². The Bertz CT molecular complexity index is 1150. The Labute approximate surface area is 203 Å². The second kappa shape index (κ2) is 11.0. The number of hydrogen-bond acceptors (Lipinski definition) is 8. The third kappa shape index (κ3) is 6.15. The van der Waals surface area contributed by atoms with Crippen LogP contribution in [-0.2, 0) is 9.53 Å². The maximum atomic E-state index is 12.1. The number of rotatable bonds is 9. The van der Waals surface area contributed by atoms with E-state index in [4.69, 9.17) is 20.9 Å². The number of nitrogens with two attached hydrogens (primary N) is 2. The van der Waals surface area contributed by atoms with E-state index < -0.39 is 5.91 Å². The van der Waals surface area contributed by atoms with Gasteiger partial charge in [0.2, 0.25) is 5.91 Å². The second-order valence-electron chi connectivity index (χ2n) is 8.55. The number of nitrogens with one attached hydrogen (secondary N) is 2. The summed E-state index contributed by atoms with van der Waals surface area (Å²) in [6.07, 6.45) is 8.48. The summed E-state index contributed by atoms with van der Waals surface area (Å²) in [5.74, 6) is 0.0785. The zero-order valence-electron chi connectivity index (χ0n) is 19.6. The number of hydrogen-bond donors (Lipinski definition) is 4. The van der Waals surface area contributed by atoms with Gasteiger partial charge in [0.1, 0.15) is 5.82 Å². The summed E-state index contributed by atoms with van der Waals surface area (Å²) in [7, 11) is 1.54. The van der Waals surface area contributed by atoms with Gasteiger partial charge in [0.25, 0.3) is 5.91 Å². The largest absolute Gasteiger partial charge is 0.494 e. The van der Waals surface area contributed by atoms with Crippen LogP contribution in [0.2, 0.25) is 0 Å². The molecule has 6 N–H and O–H groups in total. The maximum Gasteiger partial charge on any atom is 0.252 e. The summed E-state index contributed by atoms with van der Waals surface area (Å²) in [6, 6.07) is 7.14. The SMILES string of the molecule is COc1c(Nc2cc(NC(=O)C3CC3)ncc2C(N)=O)cccc1/C(N)=C/C=NC1CCCOC1. The van der Waals surface area contributed by atoms with E-state index in [0.717, 1.165) is 32.3 Å². The average Bonchev–Trinajstić information content (AvgIpc) is 3.70. The predicted molar refractivity (Wildman–Crippen MR) is 135 cm³/mol. The lowest BCUT2D eigenvalue weighted by molar-refractivity contribution is -0.117. The van der Waals surface area contributed by atoms with Crippen molar-refractivity contribution in [3.8, 4) is 5.75 Å². The second-order valence-corrected chi connectivity index (χ2v) is 8.55. The fourth-order valence-electron chi connectivity index (χ4n) is 3.80. The minimum Gasteiger partial charge on any atom is -0.494 e. The van der Waals surface area contributed by atoms with Crippen molar-refractivity contribution in [2.24, 2.45) is 22.4 Å².